The average Bonchev–Trinajstić information content (AvgIpc) is 2.07. The predicted octanol–water partition coefficient (Wildman–Crippen LogP) is 0.397. The number of rotatable bonds is 1. The van der Waals surface area contributed by atoms with Gasteiger partial charge in [-0.1, -0.05) is 0 Å². The lowest BCUT2D eigenvalue weighted by atomic mass is 9.99. The fraction of sp³-hybridized carbons (Fsp3) is 1.00. The molecular formula is C7H10F4O3. The van der Waals surface area contributed by atoms with Crippen molar-refractivity contribution in [2.45, 2.75) is 37.1 Å². The first-order valence-electron chi connectivity index (χ1n) is 4.02. The zero-order valence-corrected chi connectivity index (χ0v) is 7.04. The monoisotopic (exact) mass is 218 g/mol. The van der Waals surface area contributed by atoms with Crippen molar-refractivity contribution in [2.75, 3.05) is 6.61 Å². The minimum atomic E-state index is -4.91. The Balaban J connectivity index is 2.67. The highest BCUT2D eigenvalue weighted by Gasteiger charge is 2.49. The Bertz CT molecular complexity index is 196. The predicted molar refractivity (Wildman–Crippen MR) is 37.3 cm³/mol. The second-order valence-corrected chi connectivity index (χ2v) is 3.12. The molecule has 1 heterocycles. The first-order valence-corrected chi connectivity index (χ1v) is 4.02. The summed E-state index contributed by atoms with van der Waals surface area (Å²) in [6.45, 7) is -0.240. The highest BCUT2D eigenvalue weighted by Crippen LogP contribution is 2.29. The summed E-state index contributed by atoms with van der Waals surface area (Å²) in [6.07, 6.45) is -13.6. The van der Waals surface area contributed by atoms with Gasteiger partial charge < -0.3 is 14.9 Å². The number of aliphatic hydroxyl groups is 2. The Hall–Kier alpha value is -0.400. The Morgan fingerprint density at radius 3 is 2.43 bits per heavy atom. The van der Waals surface area contributed by atoms with Crippen LogP contribution in [0.15, 0.2) is 0 Å². The quantitative estimate of drug-likeness (QED) is 0.626. The lowest BCUT2D eigenvalue weighted by Gasteiger charge is -2.34. The molecule has 1 fully saturated rings. The van der Waals surface area contributed by atoms with E-state index in [1.165, 1.54) is 0 Å². The maximum atomic E-state index is 12.8. The van der Waals surface area contributed by atoms with Crippen LogP contribution in [-0.4, -0.2) is 47.5 Å². The Labute approximate surface area is 77.3 Å². The zero-order chi connectivity index (χ0) is 10.9. The van der Waals surface area contributed by atoms with Crippen molar-refractivity contribution in [3.05, 3.63) is 0 Å². The first-order chi connectivity index (χ1) is 6.34. The normalized spacial score (nSPS) is 36.9. The summed E-state index contributed by atoms with van der Waals surface area (Å²) < 4.78 is 53.2. The smallest absolute Gasteiger partial charge is 0.387 e. The third-order valence-corrected chi connectivity index (χ3v) is 2.06. The van der Waals surface area contributed by atoms with Gasteiger partial charge in [-0.15, -0.1) is 0 Å². The summed E-state index contributed by atoms with van der Waals surface area (Å²) >= 11 is 0. The Morgan fingerprint density at radius 2 is 1.93 bits per heavy atom. The van der Waals surface area contributed by atoms with Crippen LogP contribution in [0.25, 0.3) is 0 Å². The van der Waals surface area contributed by atoms with Crippen molar-refractivity contribution < 1.29 is 32.5 Å². The molecule has 1 rings (SSSR count). The van der Waals surface area contributed by atoms with Crippen LogP contribution in [0.4, 0.5) is 17.6 Å². The number of aliphatic hydroxyl groups excluding tert-OH is 2. The number of hydrogen-bond donors (Lipinski definition) is 2. The second-order valence-electron chi connectivity index (χ2n) is 3.12. The van der Waals surface area contributed by atoms with E-state index in [1.807, 2.05) is 0 Å². The van der Waals surface area contributed by atoms with Gasteiger partial charge in [-0.05, 0) is 0 Å². The number of hydrogen-bond acceptors (Lipinski definition) is 3. The molecule has 1 saturated heterocycles. The van der Waals surface area contributed by atoms with E-state index < -0.39 is 30.7 Å². The molecule has 0 saturated carbocycles. The summed E-state index contributed by atoms with van der Waals surface area (Å²) in [5.74, 6) is 0. The SMILES string of the molecule is OC1C(F)CCOC1C(O)C(F)(F)F. The molecule has 7 heteroatoms. The Morgan fingerprint density at radius 1 is 1.36 bits per heavy atom. The van der Waals surface area contributed by atoms with Gasteiger partial charge in [-0.25, -0.2) is 4.39 Å². The van der Waals surface area contributed by atoms with Crippen LogP contribution < -0.4 is 0 Å². The van der Waals surface area contributed by atoms with Gasteiger partial charge in [0.15, 0.2) is 6.10 Å². The molecule has 0 radical (unpaired) electrons. The van der Waals surface area contributed by atoms with Gasteiger partial charge in [-0.2, -0.15) is 13.2 Å². The van der Waals surface area contributed by atoms with Crippen molar-refractivity contribution in [2.24, 2.45) is 0 Å². The van der Waals surface area contributed by atoms with Gasteiger partial charge in [0, 0.05) is 6.42 Å². The van der Waals surface area contributed by atoms with Crippen molar-refractivity contribution in [3.63, 3.8) is 0 Å². The van der Waals surface area contributed by atoms with E-state index in [2.05, 4.69) is 4.74 Å². The van der Waals surface area contributed by atoms with E-state index >= 15 is 0 Å². The van der Waals surface area contributed by atoms with Crippen molar-refractivity contribution in [3.8, 4) is 0 Å². The van der Waals surface area contributed by atoms with Gasteiger partial charge >= 0.3 is 6.18 Å². The fourth-order valence-electron chi connectivity index (χ4n) is 1.26. The third-order valence-electron chi connectivity index (χ3n) is 2.06. The maximum absolute atomic E-state index is 12.8. The van der Waals surface area contributed by atoms with Crippen LogP contribution in [0.1, 0.15) is 6.42 Å². The summed E-state index contributed by atoms with van der Waals surface area (Å²) in [5.41, 5.74) is 0. The first kappa shape index (κ1) is 11.7. The molecule has 1 aliphatic rings. The van der Waals surface area contributed by atoms with Crippen LogP contribution in [0, 0.1) is 0 Å². The second kappa shape index (κ2) is 4.00. The van der Waals surface area contributed by atoms with Gasteiger partial charge in [0.1, 0.15) is 18.4 Å². The third kappa shape index (κ3) is 2.34. The molecule has 0 amide bonds. The average molecular weight is 218 g/mol. The molecule has 0 spiro atoms. The maximum Gasteiger partial charge on any atom is 0.417 e. The van der Waals surface area contributed by atoms with E-state index in [1.54, 1.807) is 0 Å². The molecule has 14 heavy (non-hydrogen) atoms. The topological polar surface area (TPSA) is 49.7 Å². The van der Waals surface area contributed by atoms with E-state index in [4.69, 9.17) is 10.2 Å². The minimum Gasteiger partial charge on any atom is -0.387 e. The lowest BCUT2D eigenvalue weighted by Crippen LogP contribution is -2.53. The van der Waals surface area contributed by atoms with Gasteiger partial charge in [0.2, 0.25) is 0 Å². The van der Waals surface area contributed by atoms with E-state index in [0.29, 0.717) is 0 Å². The zero-order valence-electron chi connectivity index (χ0n) is 7.04. The van der Waals surface area contributed by atoms with Crippen LogP contribution in [0.3, 0.4) is 0 Å². The molecule has 1 aliphatic heterocycles. The van der Waals surface area contributed by atoms with Crippen molar-refractivity contribution in [1.82, 2.24) is 0 Å². The van der Waals surface area contributed by atoms with Gasteiger partial charge in [0.25, 0.3) is 0 Å². The van der Waals surface area contributed by atoms with Crippen LogP contribution >= 0.6 is 0 Å². The molecule has 3 nitrogen and oxygen atoms in total. The largest absolute Gasteiger partial charge is 0.417 e. The molecule has 0 aromatic rings. The molecule has 4 unspecified atom stereocenters. The lowest BCUT2D eigenvalue weighted by molar-refractivity contribution is -0.262. The summed E-state index contributed by atoms with van der Waals surface area (Å²) in [6, 6.07) is 0. The fourth-order valence-corrected chi connectivity index (χ4v) is 1.26. The summed E-state index contributed by atoms with van der Waals surface area (Å²) in [4.78, 5) is 0. The highest BCUT2D eigenvalue weighted by molar-refractivity contribution is 4.89. The number of ether oxygens (including phenoxy) is 1. The minimum absolute atomic E-state index is 0.164. The standard InChI is InChI=1S/C7H10F4O3/c8-3-1-2-14-5(4(3)12)6(13)7(9,10)11/h3-6,12-13H,1-2H2. The van der Waals surface area contributed by atoms with Crippen LogP contribution in [0.5, 0.6) is 0 Å². The number of alkyl halides is 4. The van der Waals surface area contributed by atoms with Crippen LogP contribution in [-0.2, 0) is 4.74 Å². The van der Waals surface area contributed by atoms with Crippen molar-refractivity contribution >= 4 is 0 Å². The summed E-state index contributed by atoms with van der Waals surface area (Å²) in [7, 11) is 0. The molecule has 0 aromatic carbocycles. The van der Waals surface area contributed by atoms with E-state index in [9.17, 15) is 17.6 Å². The molecule has 0 aliphatic carbocycles. The van der Waals surface area contributed by atoms with Gasteiger partial charge in [0.05, 0.1) is 6.61 Å². The van der Waals surface area contributed by atoms with E-state index in [-0.39, 0.29) is 13.0 Å². The summed E-state index contributed by atoms with van der Waals surface area (Å²) in [5, 5.41) is 17.7. The van der Waals surface area contributed by atoms with Gasteiger partial charge in [-0.3, -0.25) is 0 Å². The van der Waals surface area contributed by atoms with E-state index in [0.717, 1.165) is 0 Å². The molecular weight excluding hydrogens is 208 g/mol. The van der Waals surface area contributed by atoms with Crippen LogP contribution in [0.2, 0.25) is 0 Å². The van der Waals surface area contributed by atoms with Crippen molar-refractivity contribution in [1.29, 1.82) is 0 Å². The molecule has 4 atom stereocenters. The molecule has 0 bridgehead atoms. The molecule has 2 N–H and O–H groups in total. The number of halogens is 4. The Kier molecular flexibility index (Phi) is 3.33. The molecule has 84 valence electrons. The molecule has 0 aromatic heterocycles. The highest BCUT2D eigenvalue weighted by atomic mass is 19.4.